The maximum absolute atomic E-state index is 12.9. The number of carbonyl (C=O) groups is 2. The normalized spacial score (nSPS) is 18.5. The van der Waals surface area contributed by atoms with Crippen molar-refractivity contribution < 1.29 is 27.5 Å². The van der Waals surface area contributed by atoms with E-state index >= 15 is 0 Å². The van der Waals surface area contributed by atoms with Gasteiger partial charge in [-0.3, -0.25) is 4.90 Å². The highest BCUT2D eigenvalue weighted by molar-refractivity contribution is 5.95. The van der Waals surface area contributed by atoms with E-state index in [4.69, 9.17) is 4.74 Å². The Bertz CT molecular complexity index is 698. The molecule has 0 bridgehead atoms. The van der Waals surface area contributed by atoms with Crippen LogP contribution < -0.4 is 5.32 Å². The highest BCUT2D eigenvalue weighted by atomic mass is 19.4. The molecular formula is C16H17F3N2O3. The second kappa shape index (κ2) is 6.54. The predicted octanol–water partition coefficient (Wildman–Crippen LogP) is 3.24. The van der Waals surface area contributed by atoms with E-state index in [1.54, 1.807) is 13.8 Å². The molecule has 5 nitrogen and oxygen atoms in total. The van der Waals surface area contributed by atoms with Gasteiger partial charge in [-0.25, -0.2) is 9.59 Å². The number of ether oxygens (including phenoxy) is 1. The number of carbonyl (C=O) groups excluding carboxylic acids is 2. The van der Waals surface area contributed by atoms with E-state index in [1.165, 1.54) is 24.1 Å². The zero-order valence-electron chi connectivity index (χ0n) is 13.4. The van der Waals surface area contributed by atoms with Crippen molar-refractivity contribution in [1.29, 1.82) is 0 Å². The number of hydrogen-bond acceptors (Lipinski definition) is 3. The average Bonchev–Trinajstić information content (AvgIpc) is 2.53. The number of amides is 2. The first-order valence-corrected chi connectivity index (χ1v) is 7.25. The van der Waals surface area contributed by atoms with Crippen molar-refractivity contribution >= 4 is 12.0 Å². The maximum Gasteiger partial charge on any atom is 0.416 e. The van der Waals surface area contributed by atoms with E-state index < -0.39 is 29.8 Å². The van der Waals surface area contributed by atoms with Crippen molar-refractivity contribution in [3.63, 3.8) is 0 Å². The lowest BCUT2D eigenvalue weighted by Crippen LogP contribution is -2.47. The van der Waals surface area contributed by atoms with E-state index in [0.717, 1.165) is 12.1 Å². The Morgan fingerprint density at radius 1 is 1.38 bits per heavy atom. The molecule has 0 spiro atoms. The van der Waals surface area contributed by atoms with E-state index in [0.29, 0.717) is 12.2 Å². The van der Waals surface area contributed by atoms with E-state index in [2.05, 4.69) is 5.32 Å². The monoisotopic (exact) mass is 342 g/mol. The largest absolute Gasteiger partial charge is 0.466 e. The molecule has 2 rings (SSSR count). The Morgan fingerprint density at radius 2 is 2.04 bits per heavy atom. The van der Waals surface area contributed by atoms with Gasteiger partial charge in [-0.2, -0.15) is 13.2 Å². The molecule has 2 amide bonds. The lowest BCUT2D eigenvalue weighted by atomic mass is 9.93. The number of nitrogens with zero attached hydrogens (tertiary/aromatic N) is 1. The molecule has 1 aromatic carbocycles. The Balaban J connectivity index is 2.57. The Labute approximate surface area is 137 Å². The molecule has 1 aliphatic rings. The summed E-state index contributed by atoms with van der Waals surface area (Å²) in [5.41, 5.74) is -0.225. The topological polar surface area (TPSA) is 58.6 Å². The van der Waals surface area contributed by atoms with Gasteiger partial charge in [0.2, 0.25) is 0 Å². The first-order chi connectivity index (χ1) is 11.2. The minimum atomic E-state index is -4.52. The van der Waals surface area contributed by atoms with Gasteiger partial charge in [-0.05, 0) is 31.5 Å². The lowest BCUT2D eigenvalue weighted by Gasteiger charge is -2.34. The lowest BCUT2D eigenvalue weighted by molar-refractivity contribution is -0.137. The maximum atomic E-state index is 12.9. The van der Waals surface area contributed by atoms with Gasteiger partial charge >= 0.3 is 18.2 Å². The standard InChI is InChI=1S/C16H17F3N2O3/c1-4-21-9(2)12(14(22)24-3)13(20-15(21)23)10-6-5-7-11(8-10)16(17,18)19/h5-8,13H,4H2,1-3H3,(H,20,23). The molecule has 0 saturated carbocycles. The molecule has 1 N–H and O–H groups in total. The average molecular weight is 342 g/mol. The van der Waals surface area contributed by atoms with Crippen molar-refractivity contribution in [2.24, 2.45) is 0 Å². The van der Waals surface area contributed by atoms with Crippen molar-refractivity contribution in [3.8, 4) is 0 Å². The third-order valence-corrected chi connectivity index (χ3v) is 3.87. The number of urea groups is 1. The van der Waals surface area contributed by atoms with Crippen LogP contribution in [-0.4, -0.2) is 30.6 Å². The van der Waals surface area contributed by atoms with Crippen LogP contribution in [0.15, 0.2) is 35.5 Å². The summed E-state index contributed by atoms with van der Waals surface area (Å²) in [4.78, 5) is 25.6. The van der Waals surface area contributed by atoms with Crippen molar-refractivity contribution in [3.05, 3.63) is 46.7 Å². The fourth-order valence-corrected chi connectivity index (χ4v) is 2.68. The number of halogens is 3. The van der Waals surface area contributed by atoms with Crippen LogP contribution in [0.3, 0.4) is 0 Å². The van der Waals surface area contributed by atoms with Crippen LogP contribution in [0.5, 0.6) is 0 Å². The molecule has 24 heavy (non-hydrogen) atoms. The van der Waals surface area contributed by atoms with E-state index in [-0.39, 0.29) is 11.1 Å². The summed E-state index contributed by atoms with van der Waals surface area (Å²) in [6, 6.07) is 3.03. The summed E-state index contributed by atoms with van der Waals surface area (Å²) in [6.07, 6.45) is -4.52. The number of alkyl halides is 3. The highest BCUT2D eigenvalue weighted by Gasteiger charge is 2.37. The number of allylic oxidation sites excluding steroid dienone is 1. The Morgan fingerprint density at radius 3 is 2.58 bits per heavy atom. The first-order valence-electron chi connectivity index (χ1n) is 7.25. The summed E-state index contributed by atoms with van der Waals surface area (Å²) in [5.74, 6) is -0.701. The van der Waals surface area contributed by atoms with Crippen LogP contribution >= 0.6 is 0 Å². The smallest absolute Gasteiger partial charge is 0.416 e. The molecule has 1 aliphatic heterocycles. The molecule has 1 unspecified atom stereocenters. The van der Waals surface area contributed by atoms with Gasteiger partial charge in [0.15, 0.2) is 0 Å². The van der Waals surface area contributed by atoms with Gasteiger partial charge in [0, 0.05) is 12.2 Å². The van der Waals surface area contributed by atoms with Gasteiger partial charge in [-0.15, -0.1) is 0 Å². The summed E-state index contributed by atoms with van der Waals surface area (Å²) >= 11 is 0. The minimum Gasteiger partial charge on any atom is -0.466 e. The van der Waals surface area contributed by atoms with Gasteiger partial charge < -0.3 is 10.1 Å². The Kier molecular flexibility index (Phi) is 4.86. The number of hydrogen-bond donors (Lipinski definition) is 1. The minimum absolute atomic E-state index is 0.110. The van der Waals surface area contributed by atoms with Crippen LogP contribution in [0.1, 0.15) is 31.0 Å². The van der Waals surface area contributed by atoms with Crippen molar-refractivity contribution in [1.82, 2.24) is 10.2 Å². The third-order valence-electron chi connectivity index (χ3n) is 3.87. The number of benzene rings is 1. The third kappa shape index (κ3) is 3.22. The molecule has 1 atom stereocenters. The van der Waals surface area contributed by atoms with Crippen LogP contribution in [0, 0.1) is 0 Å². The van der Waals surface area contributed by atoms with E-state index in [9.17, 15) is 22.8 Å². The quantitative estimate of drug-likeness (QED) is 0.858. The molecule has 1 heterocycles. The zero-order chi connectivity index (χ0) is 18.1. The summed E-state index contributed by atoms with van der Waals surface area (Å²) in [6.45, 7) is 3.60. The second-order valence-electron chi connectivity index (χ2n) is 5.24. The fraction of sp³-hybridized carbons (Fsp3) is 0.375. The van der Waals surface area contributed by atoms with Gasteiger partial charge in [0.25, 0.3) is 0 Å². The molecule has 0 aliphatic carbocycles. The fourth-order valence-electron chi connectivity index (χ4n) is 2.68. The SMILES string of the molecule is CCN1C(=O)NC(c2cccc(C(F)(F)F)c2)C(C(=O)OC)=C1C. The molecule has 0 radical (unpaired) electrons. The van der Waals surface area contributed by atoms with Crippen LogP contribution in [-0.2, 0) is 15.7 Å². The predicted molar refractivity (Wildman–Crippen MR) is 79.8 cm³/mol. The van der Waals surface area contributed by atoms with Gasteiger partial charge in [0.05, 0.1) is 24.3 Å². The number of esters is 1. The molecule has 0 aromatic heterocycles. The van der Waals surface area contributed by atoms with E-state index in [1.807, 2.05) is 0 Å². The van der Waals surface area contributed by atoms with Crippen LogP contribution in [0.4, 0.5) is 18.0 Å². The molecule has 8 heteroatoms. The van der Waals surface area contributed by atoms with Crippen molar-refractivity contribution in [2.75, 3.05) is 13.7 Å². The first kappa shape index (κ1) is 17.8. The molecule has 130 valence electrons. The van der Waals surface area contributed by atoms with Crippen molar-refractivity contribution in [2.45, 2.75) is 26.1 Å². The highest BCUT2D eigenvalue weighted by Crippen LogP contribution is 2.35. The van der Waals surface area contributed by atoms with Gasteiger partial charge in [-0.1, -0.05) is 12.1 Å². The van der Waals surface area contributed by atoms with Crippen LogP contribution in [0.2, 0.25) is 0 Å². The zero-order valence-corrected chi connectivity index (χ0v) is 13.4. The summed E-state index contributed by atoms with van der Waals surface area (Å²) < 4.78 is 43.5. The molecule has 0 saturated heterocycles. The summed E-state index contributed by atoms with van der Waals surface area (Å²) in [7, 11) is 1.18. The Hall–Kier alpha value is -2.51. The molecule has 1 aromatic rings. The van der Waals surface area contributed by atoms with Crippen LogP contribution in [0.25, 0.3) is 0 Å². The number of rotatable bonds is 3. The number of nitrogens with one attached hydrogen (secondary N) is 1. The number of methoxy groups -OCH3 is 1. The molecular weight excluding hydrogens is 325 g/mol. The second-order valence-corrected chi connectivity index (χ2v) is 5.24. The van der Waals surface area contributed by atoms with Gasteiger partial charge in [0.1, 0.15) is 0 Å². The molecule has 0 fully saturated rings. The summed E-state index contributed by atoms with van der Waals surface area (Å²) in [5, 5.41) is 2.57.